The summed E-state index contributed by atoms with van der Waals surface area (Å²) in [5.74, 6) is -1.31. The van der Waals surface area contributed by atoms with Crippen LogP contribution >= 0.6 is 0 Å². The van der Waals surface area contributed by atoms with Gasteiger partial charge in [0.1, 0.15) is 5.82 Å². The average Bonchev–Trinajstić information content (AvgIpc) is 2.67. The van der Waals surface area contributed by atoms with Gasteiger partial charge in [-0.05, 0) is 17.7 Å². The fraction of sp³-hybridized carbons (Fsp3) is 0.0909. The molecule has 10 heteroatoms. The minimum atomic E-state index is -3.50. The molecule has 0 saturated heterocycles. The van der Waals surface area contributed by atoms with Crippen LogP contribution in [0.4, 0.5) is 5.82 Å². The van der Waals surface area contributed by atoms with E-state index in [2.05, 4.69) is 9.82 Å². The van der Waals surface area contributed by atoms with Gasteiger partial charge >= 0.3 is 51.4 Å². The summed E-state index contributed by atoms with van der Waals surface area (Å²) in [6.45, 7) is 0. The number of carboxylic acid groups (broad SMARTS) is 1. The van der Waals surface area contributed by atoms with E-state index in [-0.39, 0.29) is 62.8 Å². The third-order valence-electron chi connectivity index (χ3n) is 2.38. The van der Waals surface area contributed by atoms with Crippen LogP contribution in [0.3, 0.4) is 0 Å². The third-order valence-corrected chi connectivity index (χ3v) is 2.97. The molecule has 21 heavy (non-hydrogen) atoms. The van der Waals surface area contributed by atoms with Gasteiger partial charge in [0, 0.05) is 6.07 Å². The maximum absolute atomic E-state index is 11.7. The molecular weight excluding hydrogens is 325 g/mol. The number of rotatable bonds is 4. The Labute approximate surface area is 162 Å². The van der Waals surface area contributed by atoms with Crippen molar-refractivity contribution < 1.29 is 69.7 Å². The van der Waals surface area contributed by atoms with Crippen molar-refractivity contribution in [3.8, 4) is 5.69 Å². The molecule has 0 aliphatic heterocycles. The Morgan fingerprint density at radius 1 is 1.29 bits per heavy atom. The maximum atomic E-state index is 11.7. The molecular formula is C11H10KN3O5S. The summed E-state index contributed by atoms with van der Waals surface area (Å²) in [7, 11) is -3.50. The van der Waals surface area contributed by atoms with Gasteiger partial charge in [-0.3, -0.25) is 14.6 Å². The van der Waals surface area contributed by atoms with Gasteiger partial charge in [0.15, 0.2) is 0 Å². The number of carbonyl (C=O) groups excluding carboxylic acids is 1. The molecule has 0 aliphatic rings. The largest absolute Gasteiger partial charge is 1.00 e. The molecule has 1 heterocycles. The fourth-order valence-corrected chi connectivity index (χ4v) is 2.09. The first-order valence-electron chi connectivity index (χ1n) is 5.38. The summed E-state index contributed by atoms with van der Waals surface area (Å²) in [5.41, 5.74) is -0.151. The van der Waals surface area contributed by atoms with Crippen LogP contribution in [-0.4, -0.2) is 30.4 Å². The van der Waals surface area contributed by atoms with E-state index < -0.39 is 21.6 Å². The molecule has 8 nitrogen and oxygen atoms in total. The predicted molar refractivity (Wildman–Crippen MR) is 69.2 cm³/mol. The van der Waals surface area contributed by atoms with Gasteiger partial charge in [0.25, 0.3) is 5.56 Å². The van der Waals surface area contributed by atoms with Gasteiger partial charge in [0.05, 0.1) is 17.9 Å². The Bertz CT molecular complexity index is 807. The topological polar surface area (TPSA) is 124 Å². The molecule has 2 rings (SSSR count). The predicted octanol–water partition coefficient (Wildman–Crippen LogP) is -4.10. The van der Waals surface area contributed by atoms with E-state index in [1.165, 1.54) is 24.3 Å². The van der Waals surface area contributed by atoms with E-state index in [0.717, 1.165) is 17.0 Å². The van der Waals surface area contributed by atoms with Gasteiger partial charge in [-0.2, -0.15) is 0 Å². The average molecular weight is 335 g/mol. The molecule has 0 aliphatic carbocycles. The second-order valence-electron chi connectivity index (χ2n) is 4.05. The van der Waals surface area contributed by atoms with Gasteiger partial charge in [-0.25, -0.2) is 13.1 Å². The normalized spacial score (nSPS) is 10.7. The van der Waals surface area contributed by atoms with Crippen molar-refractivity contribution in [3.05, 3.63) is 46.2 Å². The van der Waals surface area contributed by atoms with Gasteiger partial charge in [0.2, 0.25) is 10.0 Å². The second-order valence-corrected chi connectivity index (χ2v) is 5.80. The Morgan fingerprint density at radius 3 is 2.33 bits per heavy atom. The van der Waals surface area contributed by atoms with E-state index in [4.69, 9.17) is 0 Å². The van der Waals surface area contributed by atoms with Gasteiger partial charge in [-0.15, -0.1) is 0 Å². The van der Waals surface area contributed by atoms with Crippen LogP contribution in [0.1, 0.15) is 10.4 Å². The van der Waals surface area contributed by atoms with Crippen molar-refractivity contribution >= 4 is 21.8 Å². The number of H-pyrrole nitrogens is 1. The summed E-state index contributed by atoms with van der Waals surface area (Å²) >= 11 is 0. The van der Waals surface area contributed by atoms with E-state index in [0.29, 0.717) is 5.69 Å². The molecule has 106 valence electrons. The summed E-state index contributed by atoms with van der Waals surface area (Å²) < 4.78 is 25.3. The van der Waals surface area contributed by atoms with E-state index in [9.17, 15) is 23.1 Å². The van der Waals surface area contributed by atoms with Crippen LogP contribution in [0, 0.1) is 0 Å². The zero-order valence-corrected chi connectivity index (χ0v) is 15.2. The number of aromatic carboxylic acids is 1. The van der Waals surface area contributed by atoms with Crippen molar-refractivity contribution in [1.82, 2.24) is 9.78 Å². The molecule has 0 saturated carbocycles. The maximum Gasteiger partial charge on any atom is 1.00 e. The quantitative estimate of drug-likeness (QED) is 0.550. The molecule has 0 unspecified atom stereocenters. The monoisotopic (exact) mass is 335 g/mol. The molecule has 0 radical (unpaired) electrons. The van der Waals surface area contributed by atoms with Crippen LogP contribution in [0.25, 0.3) is 5.69 Å². The number of hydrogen-bond donors (Lipinski definition) is 2. The van der Waals surface area contributed by atoms with Crippen molar-refractivity contribution in [1.29, 1.82) is 0 Å². The number of hydrogen-bond acceptors (Lipinski definition) is 5. The summed E-state index contributed by atoms with van der Waals surface area (Å²) in [4.78, 5) is 22.3. The van der Waals surface area contributed by atoms with Crippen LogP contribution in [-0.2, 0) is 10.0 Å². The first kappa shape index (κ1) is 18.1. The molecule has 0 spiro atoms. The Balaban J connectivity index is 0.00000220. The number of carbonyl (C=O) groups is 1. The van der Waals surface area contributed by atoms with E-state index in [1.807, 2.05) is 0 Å². The number of carboxylic acids is 1. The zero-order chi connectivity index (χ0) is 14.9. The van der Waals surface area contributed by atoms with Crippen molar-refractivity contribution in [2.75, 3.05) is 11.0 Å². The number of nitrogens with one attached hydrogen (secondary N) is 2. The van der Waals surface area contributed by atoms with Crippen molar-refractivity contribution in [2.24, 2.45) is 0 Å². The third kappa shape index (κ3) is 4.80. The minimum absolute atomic E-state index is 0. The number of benzene rings is 1. The first-order chi connectivity index (χ1) is 9.26. The molecule has 2 aromatic rings. The summed E-state index contributed by atoms with van der Waals surface area (Å²) in [5, 5.41) is 13.2. The number of aromatic amines is 1. The molecule has 0 atom stereocenters. The van der Waals surface area contributed by atoms with Crippen molar-refractivity contribution in [3.63, 3.8) is 0 Å². The summed E-state index contributed by atoms with van der Waals surface area (Å²) in [6.07, 6.45) is 0.956. The Kier molecular flexibility index (Phi) is 5.96. The van der Waals surface area contributed by atoms with Crippen LogP contribution in [0.2, 0.25) is 0 Å². The van der Waals surface area contributed by atoms with Gasteiger partial charge < -0.3 is 9.90 Å². The Hall–Kier alpha value is -0.914. The second kappa shape index (κ2) is 6.90. The fourth-order valence-electron chi connectivity index (χ4n) is 1.59. The minimum Gasteiger partial charge on any atom is -0.545 e. The van der Waals surface area contributed by atoms with E-state index >= 15 is 0 Å². The molecule has 0 bridgehead atoms. The molecule has 1 aromatic heterocycles. The summed E-state index contributed by atoms with van der Waals surface area (Å²) in [6, 6.07) is 6.43. The molecule has 0 amide bonds. The van der Waals surface area contributed by atoms with Crippen LogP contribution < -0.4 is 66.8 Å². The van der Waals surface area contributed by atoms with Crippen LogP contribution in [0.15, 0.2) is 35.1 Å². The van der Waals surface area contributed by atoms with Crippen LogP contribution in [0.5, 0.6) is 0 Å². The molecule has 0 fully saturated rings. The number of sulfonamides is 1. The number of aromatic nitrogens is 2. The Morgan fingerprint density at radius 2 is 1.86 bits per heavy atom. The zero-order valence-electron chi connectivity index (χ0n) is 11.3. The SMILES string of the molecule is CS(=O)(=O)Nc1cc(=O)n(-c2ccc(C(=O)[O-])cc2)[nH]1.[K+]. The van der Waals surface area contributed by atoms with E-state index in [1.54, 1.807) is 0 Å². The standard InChI is InChI=1S/C11H11N3O5S.K/c1-20(18,19)13-9-6-10(15)14(12-9)8-4-2-7(3-5-8)11(16)17;/h2-6,12-13H,1H3,(H,16,17);/q;+1/p-1. The smallest absolute Gasteiger partial charge is 0.545 e. The van der Waals surface area contributed by atoms with Crippen molar-refractivity contribution in [2.45, 2.75) is 0 Å². The molecule has 2 N–H and O–H groups in total. The van der Waals surface area contributed by atoms with Gasteiger partial charge in [-0.1, -0.05) is 12.1 Å². The first-order valence-corrected chi connectivity index (χ1v) is 7.27. The molecule has 1 aromatic carbocycles. The number of nitrogens with zero attached hydrogens (tertiary/aromatic N) is 1. The number of anilines is 1.